The summed E-state index contributed by atoms with van der Waals surface area (Å²) in [6.45, 7) is -0.189. The van der Waals surface area contributed by atoms with Crippen molar-refractivity contribution in [2.45, 2.75) is 37.6 Å². The molecule has 1 aliphatic carbocycles. The molecule has 0 bridgehead atoms. The number of halogens is 1. The van der Waals surface area contributed by atoms with Crippen molar-refractivity contribution in [3.8, 4) is 0 Å². The Morgan fingerprint density at radius 3 is 2.71 bits per heavy atom. The van der Waals surface area contributed by atoms with E-state index in [0.717, 1.165) is 25.5 Å². The molecule has 1 fully saturated rings. The van der Waals surface area contributed by atoms with Gasteiger partial charge in [0.15, 0.2) is 0 Å². The summed E-state index contributed by atoms with van der Waals surface area (Å²) in [6.07, 6.45) is 5.13. The van der Waals surface area contributed by atoms with Crippen molar-refractivity contribution in [1.29, 1.82) is 0 Å². The Labute approximate surface area is 126 Å². The highest BCUT2D eigenvalue weighted by Gasteiger charge is 2.34. The van der Waals surface area contributed by atoms with Crippen LogP contribution in [0.1, 0.15) is 42.5 Å². The van der Waals surface area contributed by atoms with Crippen LogP contribution in [0.3, 0.4) is 0 Å². The number of pyridine rings is 1. The first-order chi connectivity index (χ1) is 9.97. The molecule has 21 heavy (non-hydrogen) atoms. The van der Waals surface area contributed by atoms with Crippen molar-refractivity contribution in [3.05, 3.63) is 33.1 Å². The van der Waals surface area contributed by atoms with Crippen molar-refractivity contribution in [3.63, 3.8) is 0 Å². The van der Waals surface area contributed by atoms with E-state index in [1.165, 1.54) is 6.07 Å². The smallest absolute Gasteiger partial charge is 0.300 e. The average Bonchev–Trinajstić information content (AvgIpc) is 2.47. The molecule has 2 rings (SSSR count). The Bertz CT molecular complexity index is 558. The third-order valence-electron chi connectivity index (χ3n) is 3.78. The van der Waals surface area contributed by atoms with E-state index in [4.69, 9.17) is 11.6 Å². The molecule has 2 N–H and O–H groups in total. The molecule has 1 heterocycles. The van der Waals surface area contributed by atoms with Gasteiger partial charge in [-0.25, -0.2) is 4.98 Å². The van der Waals surface area contributed by atoms with E-state index in [-0.39, 0.29) is 17.3 Å². The van der Waals surface area contributed by atoms with Crippen LogP contribution in [0.25, 0.3) is 0 Å². The number of rotatable bonds is 4. The summed E-state index contributed by atoms with van der Waals surface area (Å²) in [5.41, 5.74) is -1.25. The molecule has 0 atom stereocenters. The normalized spacial score (nSPS) is 17.2. The number of hydrogen-bond acceptors (Lipinski definition) is 5. The van der Waals surface area contributed by atoms with Crippen LogP contribution < -0.4 is 5.32 Å². The van der Waals surface area contributed by atoms with Gasteiger partial charge in [0.05, 0.1) is 17.1 Å². The lowest BCUT2D eigenvalue weighted by atomic mass is 9.82. The molecular formula is C13H16ClN3O4. The first kappa shape index (κ1) is 15.7. The quantitative estimate of drug-likeness (QED) is 0.503. The van der Waals surface area contributed by atoms with Crippen LogP contribution in [-0.2, 0) is 0 Å². The van der Waals surface area contributed by atoms with Crippen molar-refractivity contribution in [2.24, 2.45) is 0 Å². The van der Waals surface area contributed by atoms with E-state index >= 15 is 0 Å². The van der Waals surface area contributed by atoms with Crippen molar-refractivity contribution in [2.75, 3.05) is 6.61 Å². The third kappa shape index (κ3) is 3.48. The van der Waals surface area contributed by atoms with E-state index < -0.39 is 22.1 Å². The van der Waals surface area contributed by atoms with Crippen molar-refractivity contribution in [1.82, 2.24) is 10.3 Å². The second-order valence-electron chi connectivity index (χ2n) is 5.23. The van der Waals surface area contributed by atoms with Crippen molar-refractivity contribution >= 4 is 23.2 Å². The minimum absolute atomic E-state index is 0.00689. The van der Waals surface area contributed by atoms with Crippen LogP contribution in [0.15, 0.2) is 12.3 Å². The molecule has 1 aromatic rings. The van der Waals surface area contributed by atoms with Gasteiger partial charge in [0.2, 0.25) is 0 Å². The predicted octanol–water partition coefficient (Wildman–Crippen LogP) is 2.07. The molecule has 0 unspecified atom stereocenters. The number of carbonyl (C=O) groups excluding carboxylic acids is 1. The van der Waals surface area contributed by atoms with E-state index in [0.29, 0.717) is 12.8 Å². The Morgan fingerprint density at radius 1 is 1.48 bits per heavy atom. The van der Waals surface area contributed by atoms with Gasteiger partial charge in [-0.05, 0) is 18.9 Å². The number of nitrogens with one attached hydrogen (secondary N) is 1. The number of nitrogens with zero attached hydrogens (tertiary/aromatic N) is 2. The molecule has 0 radical (unpaired) electrons. The highest BCUT2D eigenvalue weighted by Crippen LogP contribution is 2.29. The number of hydrogen-bond donors (Lipinski definition) is 2. The van der Waals surface area contributed by atoms with E-state index in [2.05, 4.69) is 10.3 Å². The fourth-order valence-electron chi connectivity index (χ4n) is 2.61. The summed E-state index contributed by atoms with van der Waals surface area (Å²) >= 11 is 5.71. The number of carbonyl (C=O) groups is 1. The molecule has 7 nitrogen and oxygen atoms in total. The molecule has 0 aromatic carbocycles. The lowest BCUT2D eigenvalue weighted by molar-refractivity contribution is -0.385. The molecule has 1 amide bonds. The number of aliphatic hydroxyl groups excluding tert-OH is 1. The molecule has 0 saturated heterocycles. The number of aliphatic hydroxyl groups is 1. The zero-order chi connectivity index (χ0) is 15.5. The Kier molecular flexibility index (Phi) is 4.74. The van der Waals surface area contributed by atoms with Gasteiger partial charge in [0, 0.05) is 0 Å². The van der Waals surface area contributed by atoms with Crippen LogP contribution in [0.5, 0.6) is 0 Å². The van der Waals surface area contributed by atoms with Gasteiger partial charge in [0.1, 0.15) is 16.9 Å². The Balaban J connectivity index is 2.27. The van der Waals surface area contributed by atoms with Crippen LogP contribution in [0.2, 0.25) is 5.15 Å². The van der Waals surface area contributed by atoms with Gasteiger partial charge in [0.25, 0.3) is 11.6 Å². The number of amides is 1. The standard InChI is InChI=1S/C13H16ClN3O4/c14-11-6-9(10(7-15-11)17(20)21)12(19)16-13(8-18)4-2-1-3-5-13/h6-7,18H,1-5,8H2,(H,16,19). The fourth-order valence-corrected chi connectivity index (χ4v) is 2.77. The van der Waals surface area contributed by atoms with Gasteiger partial charge >= 0.3 is 0 Å². The van der Waals surface area contributed by atoms with E-state index in [9.17, 15) is 20.0 Å². The largest absolute Gasteiger partial charge is 0.394 e. The Morgan fingerprint density at radius 2 is 2.14 bits per heavy atom. The lowest BCUT2D eigenvalue weighted by Gasteiger charge is -2.36. The first-order valence-electron chi connectivity index (χ1n) is 6.71. The summed E-state index contributed by atoms with van der Waals surface area (Å²) in [7, 11) is 0. The summed E-state index contributed by atoms with van der Waals surface area (Å²) in [4.78, 5) is 26.3. The summed E-state index contributed by atoms with van der Waals surface area (Å²) in [6, 6.07) is 1.17. The zero-order valence-electron chi connectivity index (χ0n) is 11.3. The number of nitro groups is 1. The molecule has 1 saturated carbocycles. The third-order valence-corrected chi connectivity index (χ3v) is 3.99. The summed E-state index contributed by atoms with van der Waals surface area (Å²) < 4.78 is 0. The first-order valence-corrected chi connectivity index (χ1v) is 7.08. The maximum atomic E-state index is 12.3. The highest BCUT2D eigenvalue weighted by atomic mass is 35.5. The SMILES string of the molecule is O=C(NC1(CO)CCCCC1)c1cc(Cl)ncc1[N+](=O)[O-]. The average molecular weight is 314 g/mol. The summed E-state index contributed by atoms with van der Waals surface area (Å²) in [5, 5.41) is 23.3. The van der Waals surface area contributed by atoms with E-state index in [1.807, 2.05) is 0 Å². The van der Waals surface area contributed by atoms with Crippen LogP contribution >= 0.6 is 11.6 Å². The maximum absolute atomic E-state index is 12.3. The maximum Gasteiger partial charge on any atom is 0.300 e. The predicted molar refractivity (Wildman–Crippen MR) is 76.3 cm³/mol. The molecule has 1 aliphatic rings. The lowest BCUT2D eigenvalue weighted by Crippen LogP contribution is -2.52. The number of aromatic nitrogens is 1. The molecule has 0 spiro atoms. The second kappa shape index (κ2) is 6.36. The van der Waals surface area contributed by atoms with Crippen molar-refractivity contribution < 1.29 is 14.8 Å². The van der Waals surface area contributed by atoms with Gasteiger partial charge in [-0.1, -0.05) is 30.9 Å². The highest BCUT2D eigenvalue weighted by molar-refractivity contribution is 6.29. The topological polar surface area (TPSA) is 105 Å². The minimum atomic E-state index is -0.709. The molecule has 114 valence electrons. The fraction of sp³-hybridized carbons (Fsp3) is 0.538. The van der Waals surface area contributed by atoms with Gasteiger partial charge < -0.3 is 10.4 Å². The monoisotopic (exact) mass is 313 g/mol. The van der Waals surface area contributed by atoms with Crippen LogP contribution in [-0.4, -0.2) is 33.1 Å². The minimum Gasteiger partial charge on any atom is -0.394 e. The molecule has 8 heteroatoms. The molecule has 0 aliphatic heterocycles. The van der Waals surface area contributed by atoms with Gasteiger partial charge in [-0.3, -0.25) is 14.9 Å². The van der Waals surface area contributed by atoms with Gasteiger partial charge in [-0.2, -0.15) is 0 Å². The van der Waals surface area contributed by atoms with Crippen LogP contribution in [0, 0.1) is 10.1 Å². The van der Waals surface area contributed by atoms with Gasteiger partial charge in [-0.15, -0.1) is 0 Å². The zero-order valence-corrected chi connectivity index (χ0v) is 12.1. The second-order valence-corrected chi connectivity index (χ2v) is 5.62. The summed E-state index contributed by atoms with van der Waals surface area (Å²) in [5.74, 6) is -0.609. The molecular weight excluding hydrogens is 298 g/mol. The van der Waals surface area contributed by atoms with Crippen LogP contribution in [0.4, 0.5) is 5.69 Å². The Hall–Kier alpha value is -1.73. The van der Waals surface area contributed by atoms with E-state index in [1.54, 1.807) is 0 Å². The molecule has 1 aromatic heterocycles.